The highest BCUT2D eigenvalue weighted by Crippen LogP contribution is 2.27. The molecule has 0 amide bonds. The lowest BCUT2D eigenvalue weighted by Gasteiger charge is -2.28. The van der Waals surface area contributed by atoms with E-state index >= 15 is 0 Å². The Bertz CT molecular complexity index is 806. The Balaban J connectivity index is 1.96. The Morgan fingerprint density at radius 2 is 1.38 bits per heavy atom. The van der Waals surface area contributed by atoms with Crippen LogP contribution in [0.4, 0.5) is 0 Å². The summed E-state index contributed by atoms with van der Waals surface area (Å²) >= 11 is 0. The molecule has 0 aromatic carbocycles. The summed E-state index contributed by atoms with van der Waals surface area (Å²) in [5, 5.41) is 0. The van der Waals surface area contributed by atoms with E-state index in [0.29, 0.717) is 12.8 Å². The smallest absolute Gasteiger partial charge is 0.122 e. The summed E-state index contributed by atoms with van der Waals surface area (Å²) in [4.78, 5) is 13.4. The van der Waals surface area contributed by atoms with Crippen molar-refractivity contribution in [2.24, 2.45) is 5.73 Å². The molecule has 0 bridgehead atoms. The van der Waals surface area contributed by atoms with E-state index in [4.69, 9.17) is 15.2 Å². The fraction of sp³-hybridized carbons (Fsp3) is 0.250. The van der Waals surface area contributed by atoms with Crippen LogP contribution in [0.15, 0.2) is 61.1 Å². The van der Waals surface area contributed by atoms with Gasteiger partial charge in [0.05, 0.1) is 25.5 Å². The molecule has 0 unspecified atom stereocenters. The number of rotatable bonds is 7. The summed E-state index contributed by atoms with van der Waals surface area (Å²) in [5.74, 6) is 1.50. The number of hydrogen-bond donors (Lipinski definition) is 1. The molecule has 0 aliphatic carbocycles. The van der Waals surface area contributed by atoms with E-state index in [2.05, 4.69) is 15.0 Å². The predicted molar refractivity (Wildman–Crippen MR) is 99.1 cm³/mol. The lowest BCUT2D eigenvalue weighted by molar-refractivity contribution is 0.398. The first-order chi connectivity index (χ1) is 12.6. The average molecular weight is 350 g/mol. The van der Waals surface area contributed by atoms with E-state index in [-0.39, 0.29) is 0 Å². The van der Waals surface area contributed by atoms with Crippen molar-refractivity contribution >= 4 is 0 Å². The number of nitrogens with zero attached hydrogens (tertiary/aromatic N) is 3. The first-order valence-corrected chi connectivity index (χ1v) is 8.31. The van der Waals surface area contributed by atoms with Gasteiger partial charge in [-0.25, -0.2) is 0 Å². The zero-order chi connectivity index (χ0) is 18.4. The van der Waals surface area contributed by atoms with Crippen molar-refractivity contribution in [2.45, 2.75) is 18.4 Å². The SMILES string of the molecule is COc1ccnc(CC(N)(Cc2cc(OC)ccn2)c2ccccn2)c1. The molecule has 0 saturated carbocycles. The van der Waals surface area contributed by atoms with Crippen molar-refractivity contribution in [3.8, 4) is 11.5 Å². The van der Waals surface area contributed by atoms with Crippen LogP contribution in [-0.4, -0.2) is 29.2 Å². The fourth-order valence-electron chi connectivity index (χ4n) is 2.91. The molecule has 3 aromatic rings. The highest BCUT2D eigenvalue weighted by atomic mass is 16.5. The summed E-state index contributed by atoms with van der Waals surface area (Å²) in [6.07, 6.45) is 6.18. The molecule has 3 rings (SSSR count). The third kappa shape index (κ3) is 4.15. The molecule has 3 heterocycles. The van der Waals surface area contributed by atoms with Crippen LogP contribution in [0.2, 0.25) is 0 Å². The molecule has 3 aromatic heterocycles. The molecule has 0 atom stereocenters. The lowest BCUT2D eigenvalue weighted by atomic mass is 9.85. The molecule has 6 heteroatoms. The maximum absolute atomic E-state index is 6.84. The summed E-state index contributed by atoms with van der Waals surface area (Å²) in [6, 6.07) is 13.1. The Morgan fingerprint density at radius 1 is 0.808 bits per heavy atom. The van der Waals surface area contributed by atoms with Crippen molar-refractivity contribution in [2.75, 3.05) is 14.2 Å². The highest BCUT2D eigenvalue weighted by Gasteiger charge is 2.31. The molecule has 134 valence electrons. The molecule has 0 aliphatic heterocycles. The number of hydrogen-bond acceptors (Lipinski definition) is 6. The van der Waals surface area contributed by atoms with Crippen molar-refractivity contribution in [1.29, 1.82) is 0 Å². The van der Waals surface area contributed by atoms with Crippen LogP contribution in [0.25, 0.3) is 0 Å². The number of nitrogens with two attached hydrogens (primary N) is 1. The van der Waals surface area contributed by atoms with E-state index in [1.807, 2.05) is 42.5 Å². The third-order valence-electron chi connectivity index (χ3n) is 4.22. The second-order valence-electron chi connectivity index (χ2n) is 6.10. The van der Waals surface area contributed by atoms with Crippen LogP contribution >= 0.6 is 0 Å². The predicted octanol–water partition coefficient (Wildman–Crippen LogP) is 2.53. The van der Waals surface area contributed by atoms with Gasteiger partial charge >= 0.3 is 0 Å². The molecular weight excluding hydrogens is 328 g/mol. The van der Waals surface area contributed by atoms with Gasteiger partial charge in [0.2, 0.25) is 0 Å². The molecule has 6 nitrogen and oxygen atoms in total. The minimum Gasteiger partial charge on any atom is -0.497 e. The number of pyridine rings is 3. The topological polar surface area (TPSA) is 83.2 Å². The molecule has 26 heavy (non-hydrogen) atoms. The Hall–Kier alpha value is -2.99. The molecule has 0 spiro atoms. The Labute approximate surface area is 153 Å². The maximum Gasteiger partial charge on any atom is 0.122 e. The lowest BCUT2D eigenvalue weighted by Crippen LogP contribution is -2.42. The minimum atomic E-state index is -0.764. The van der Waals surface area contributed by atoms with E-state index in [0.717, 1.165) is 28.6 Å². The zero-order valence-electron chi connectivity index (χ0n) is 14.9. The average Bonchev–Trinajstić information content (AvgIpc) is 2.69. The fourth-order valence-corrected chi connectivity index (χ4v) is 2.91. The van der Waals surface area contributed by atoms with Gasteiger partial charge in [-0.3, -0.25) is 15.0 Å². The van der Waals surface area contributed by atoms with Crippen LogP contribution in [-0.2, 0) is 18.4 Å². The number of methoxy groups -OCH3 is 2. The zero-order valence-corrected chi connectivity index (χ0v) is 14.9. The normalized spacial score (nSPS) is 11.2. The maximum atomic E-state index is 6.84. The van der Waals surface area contributed by atoms with Crippen LogP contribution in [0, 0.1) is 0 Å². The highest BCUT2D eigenvalue weighted by molar-refractivity contribution is 5.29. The van der Waals surface area contributed by atoms with E-state index in [1.165, 1.54) is 0 Å². The summed E-state index contributed by atoms with van der Waals surface area (Å²) in [7, 11) is 3.27. The second-order valence-corrected chi connectivity index (χ2v) is 6.10. The van der Waals surface area contributed by atoms with Gasteiger partial charge in [-0.2, -0.15) is 0 Å². The van der Waals surface area contributed by atoms with Crippen LogP contribution in [0.1, 0.15) is 17.1 Å². The van der Waals surface area contributed by atoms with Gasteiger partial charge in [-0.1, -0.05) is 6.07 Å². The van der Waals surface area contributed by atoms with E-state index in [1.54, 1.807) is 32.8 Å². The number of aromatic nitrogens is 3. The summed E-state index contributed by atoms with van der Waals surface area (Å²) in [5.41, 5.74) is 8.53. The minimum absolute atomic E-state index is 0.500. The van der Waals surface area contributed by atoms with Gasteiger partial charge in [0.1, 0.15) is 11.5 Å². The Kier molecular flexibility index (Phi) is 5.43. The van der Waals surface area contributed by atoms with E-state index in [9.17, 15) is 0 Å². The van der Waals surface area contributed by atoms with Crippen molar-refractivity contribution in [3.05, 3.63) is 78.1 Å². The monoisotopic (exact) mass is 350 g/mol. The van der Waals surface area contributed by atoms with Crippen LogP contribution in [0.5, 0.6) is 11.5 Å². The van der Waals surface area contributed by atoms with E-state index < -0.39 is 5.54 Å². The van der Waals surface area contributed by atoms with Crippen LogP contribution < -0.4 is 15.2 Å². The molecule has 0 aliphatic rings. The molecule has 0 fully saturated rings. The van der Waals surface area contributed by atoms with Gasteiger partial charge in [-0.05, 0) is 24.3 Å². The molecule has 0 radical (unpaired) electrons. The number of ether oxygens (including phenoxy) is 2. The standard InChI is InChI=1S/C20H22N4O2/c1-25-17-6-9-22-15(11-17)13-20(21,19-5-3-4-8-24-19)14-16-12-18(26-2)7-10-23-16/h3-12H,13-14,21H2,1-2H3. The third-order valence-corrected chi connectivity index (χ3v) is 4.22. The molecule has 0 saturated heterocycles. The van der Waals surface area contributed by atoms with Gasteiger partial charge in [0.25, 0.3) is 0 Å². The second kappa shape index (κ2) is 7.93. The summed E-state index contributed by atoms with van der Waals surface area (Å²) < 4.78 is 10.6. The first-order valence-electron chi connectivity index (χ1n) is 8.31. The van der Waals surface area contributed by atoms with Gasteiger partial charge < -0.3 is 15.2 Å². The van der Waals surface area contributed by atoms with Gasteiger partial charge in [0, 0.05) is 55.0 Å². The van der Waals surface area contributed by atoms with Crippen molar-refractivity contribution in [1.82, 2.24) is 15.0 Å². The largest absolute Gasteiger partial charge is 0.497 e. The molecule has 2 N–H and O–H groups in total. The van der Waals surface area contributed by atoms with Crippen LogP contribution in [0.3, 0.4) is 0 Å². The van der Waals surface area contributed by atoms with Gasteiger partial charge in [0.15, 0.2) is 0 Å². The summed E-state index contributed by atoms with van der Waals surface area (Å²) in [6.45, 7) is 0. The first kappa shape index (κ1) is 17.8. The van der Waals surface area contributed by atoms with Crippen molar-refractivity contribution in [3.63, 3.8) is 0 Å². The van der Waals surface area contributed by atoms with Gasteiger partial charge in [-0.15, -0.1) is 0 Å². The molecular formula is C20H22N4O2. The van der Waals surface area contributed by atoms with Crippen molar-refractivity contribution < 1.29 is 9.47 Å². The Morgan fingerprint density at radius 3 is 1.85 bits per heavy atom. The quantitative estimate of drug-likeness (QED) is 0.705.